The predicted molar refractivity (Wildman–Crippen MR) is 74.3 cm³/mol. The Kier molecular flexibility index (Phi) is 4.88. The van der Waals surface area contributed by atoms with Crippen molar-refractivity contribution in [3.63, 3.8) is 0 Å². The third-order valence-corrected chi connectivity index (χ3v) is 3.87. The highest BCUT2D eigenvalue weighted by Crippen LogP contribution is 2.20. The maximum atomic E-state index is 13.8. The average molecular weight is 302 g/mol. The number of sulfonamides is 1. The van der Waals surface area contributed by atoms with Gasteiger partial charge in [0.25, 0.3) is 5.91 Å². The number of rotatable bonds is 4. The highest BCUT2D eigenvalue weighted by molar-refractivity contribution is 7.89. The van der Waals surface area contributed by atoms with E-state index in [9.17, 15) is 17.6 Å². The number of hydrogen-bond donors (Lipinski definition) is 1. The number of primary sulfonamides is 1. The van der Waals surface area contributed by atoms with Crippen LogP contribution in [0.4, 0.5) is 4.39 Å². The number of halogens is 1. The highest BCUT2D eigenvalue weighted by atomic mass is 32.2. The Morgan fingerprint density at radius 3 is 2.40 bits per heavy atom. The molecule has 0 aliphatic carbocycles. The van der Waals surface area contributed by atoms with Crippen molar-refractivity contribution >= 4 is 15.9 Å². The van der Waals surface area contributed by atoms with Gasteiger partial charge in [-0.25, -0.2) is 17.9 Å². The van der Waals surface area contributed by atoms with Gasteiger partial charge in [-0.3, -0.25) is 4.79 Å². The van der Waals surface area contributed by atoms with Crippen LogP contribution in [0.3, 0.4) is 0 Å². The fourth-order valence-corrected chi connectivity index (χ4v) is 2.74. The summed E-state index contributed by atoms with van der Waals surface area (Å²) in [5, 5.41) is 5.03. The first-order valence-electron chi connectivity index (χ1n) is 6.12. The van der Waals surface area contributed by atoms with Crippen LogP contribution in [0.1, 0.15) is 29.8 Å². The van der Waals surface area contributed by atoms with Gasteiger partial charge in [-0.2, -0.15) is 0 Å². The standard InChI is InChI=1S/C13H19FN2O3S/c1-8(2)7-16(4)13(17)10-5-11(14)9(3)12(6-10)20(15,18)19/h5-6,8H,7H2,1-4H3,(H2,15,18,19). The second-order valence-electron chi connectivity index (χ2n) is 5.21. The molecule has 0 radical (unpaired) electrons. The topological polar surface area (TPSA) is 80.5 Å². The molecule has 7 heteroatoms. The maximum absolute atomic E-state index is 13.8. The van der Waals surface area contributed by atoms with Gasteiger partial charge in [0, 0.05) is 24.7 Å². The highest BCUT2D eigenvalue weighted by Gasteiger charge is 2.21. The molecule has 0 aromatic heterocycles. The minimum Gasteiger partial charge on any atom is -0.341 e. The fraction of sp³-hybridized carbons (Fsp3) is 0.462. The minimum absolute atomic E-state index is 0.0275. The first-order valence-corrected chi connectivity index (χ1v) is 7.67. The van der Waals surface area contributed by atoms with Crippen LogP contribution in [0.25, 0.3) is 0 Å². The molecular weight excluding hydrogens is 283 g/mol. The number of carbonyl (C=O) groups excluding carboxylic acids is 1. The molecule has 0 saturated carbocycles. The van der Waals surface area contributed by atoms with Crippen molar-refractivity contribution in [3.8, 4) is 0 Å². The van der Waals surface area contributed by atoms with Crippen molar-refractivity contribution in [2.75, 3.05) is 13.6 Å². The Balaban J connectivity index is 3.28. The van der Waals surface area contributed by atoms with Gasteiger partial charge in [0.05, 0.1) is 4.90 Å². The van der Waals surface area contributed by atoms with Crippen LogP contribution >= 0.6 is 0 Å². The van der Waals surface area contributed by atoms with Crippen LogP contribution in [0.2, 0.25) is 0 Å². The van der Waals surface area contributed by atoms with Gasteiger partial charge in [-0.15, -0.1) is 0 Å². The summed E-state index contributed by atoms with van der Waals surface area (Å²) < 4.78 is 36.6. The summed E-state index contributed by atoms with van der Waals surface area (Å²) in [6, 6.07) is 2.15. The Morgan fingerprint density at radius 1 is 1.40 bits per heavy atom. The average Bonchev–Trinajstić information content (AvgIpc) is 2.29. The molecule has 0 aliphatic heterocycles. The summed E-state index contributed by atoms with van der Waals surface area (Å²) in [5.74, 6) is -0.961. The molecule has 2 N–H and O–H groups in total. The fourth-order valence-electron chi connectivity index (χ4n) is 1.92. The summed E-state index contributed by atoms with van der Waals surface area (Å²) in [6.07, 6.45) is 0. The number of amides is 1. The molecule has 1 rings (SSSR count). The van der Waals surface area contributed by atoms with Crippen LogP contribution in [0.5, 0.6) is 0 Å². The first-order chi connectivity index (χ1) is 9.04. The Morgan fingerprint density at radius 2 is 1.95 bits per heavy atom. The van der Waals surface area contributed by atoms with E-state index in [1.54, 1.807) is 7.05 Å². The van der Waals surface area contributed by atoms with E-state index in [2.05, 4.69) is 0 Å². The van der Waals surface area contributed by atoms with Gasteiger partial charge in [-0.1, -0.05) is 13.8 Å². The van der Waals surface area contributed by atoms with Crippen molar-refractivity contribution in [1.29, 1.82) is 0 Å². The zero-order valence-corrected chi connectivity index (χ0v) is 12.8. The molecule has 112 valence electrons. The van der Waals surface area contributed by atoms with E-state index in [1.165, 1.54) is 11.8 Å². The molecule has 0 aliphatic rings. The van der Waals surface area contributed by atoms with E-state index in [1.807, 2.05) is 13.8 Å². The molecule has 20 heavy (non-hydrogen) atoms. The minimum atomic E-state index is -4.07. The van der Waals surface area contributed by atoms with Crippen molar-refractivity contribution in [1.82, 2.24) is 4.90 Å². The van der Waals surface area contributed by atoms with Gasteiger partial charge in [-0.05, 0) is 25.0 Å². The summed E-state index contributed by atoms with van der Waals surface area (Å²) in [5.41, 5.74) is -0.115. The maximum Gasteiger partial charge on any atom is 0.253 e. The van der Waals surface area contributed by atoms with Gasteiger partial charge >= 0.3 is 0 Å². The zero-order valence-electron chi connectivity index (χ0n) is 12.0. The lowest BCUT2D eigenvalue weighted by atomic mass is 10.1. The Hall–Kier alpha value is -1.47. The molecule has 0 bridgehead atoms. The van der Waals surface area contributed by atoms with Crippen LogP contribution in [-0.2, 0) is 10.0 Å². The third-order valence-electron chi connectivity index (χ3n) is 2.84. The summed E-state index contributed by atoms with van der Waals surface area (Å²) in [4.78, 5) is 13.2. The lowest BCUT2D eigenvalue weighted by Gasteiger charge is -2.20. The molecule has 1 aromatic carbocycles. The van der Waals surface area contributed by atoms with Crippen molar-refractivity contribution in [3.05, 3.63) is 29.1 Å². The normalized spacial score (nSPS) is 11.8. The third kappa shape index (κ3) is 3.77. The summed E-state index contributed by atoms with van der Waals surface area (Å²) in [7, 11) is -2.49. The lowest BCUT2D eigenvalue weighted by molar-refractivity contribution is 0.0778. The molecule has 0 spiro atoms. The van der Waals surface area contributed by atoms with Crippen molar-refractivity contribution in [2.45, 2.75) is 25.7 Å². The number of hydrogen-bond acceptors (Lipinski definition) is 3. The van der Waals surface area contributed by atoms with Crippen LogP contribution in [0.15, 0.2) is 17.0 Å². The molecule has 1 amide bonds. The SMILES string of the molecule is Cc1c(F)cc(C(=O)N(C)CC(C)C)cc1S(N)(=O)=O. The molecule has 5 nitrogen and oxygen atoms in total. The Labute approximate surface area is 118 Å². The number of nitrogens with zero attached hydrogens (tertiary/aromatic N) is 1. The molecular formula is C13H19FN2O3S. The van der Waals surface area contributed by atoms with E-state index in [0.29, 0.717) is 6.54 Å². The number of carbonyl (C=O) groups is 1. The van der Waals surface area contributed by atoms with Gasteiger partial charge < -0.3 is 4.90 Å². The number of nitrogens with two attached hydrogens (primary N) is 1. The first kappa shape index (κ1) is 16.6. The van der Waals surface area contributed by atoms with E-state index < -0.39 is 21.7 Å². The zero-order chi connectivity index (χ0) is 15.7. The van der Waals surface area contributed by atoms with E-state index >= 15 is 0 Å². The summed E-state index contributed by atoms with van der Waals surface area (Å²) in [6.45, 7) is 5.67. The van der Waals surface area contributed by atoms with Crippen LogP contribution < -0.4 is 5.14 Å². The predicted octanol–water partition coefficient (Wildman–Crippen LogP) is 1.51. The van der Waals surface area contributed by atoms with Crippen LogP contribution in [0, 0.1) is 18.7 Å². The monoisotopic (exact) mass is 302 g/mol. The molecule has 0 unspecified atom stereocenters. The quantitative estimate of drug-likeness (QED) is 0.915. The molecule has 1 aromatic rings. The van der Waals surface area contributed by atoms with E-state index in [-0.39, 0.29) is 21.9 Å². The van der Waals surface area contributed by atoms with E-state index in [4.69, 9.17) is 5.14 Å². The molecule has 0 fully saturated rings. The van der Waals surface area contributed by atoms with Crippen molar-refractivity contribution in [2.24, 2.45) is 11.1 Å². The molecule has 0 heterocycles. The smallest absolute Gasteiger partial charge is 0.253 e. The Bertz CT molecular complexity index is 627. The number of benzene rings is 1. The van der Waals surface area contributed by atoms with Gasteiger partial charge in [0.2, 0.25) is 10.0 Å². The second kappa shape index (κ2) is 5.88. The largest absolute Gasteiger partial charge is 0.341 e. The summed E-state index contributed by atoms with van der Waals surface area (Å²) >= 11 is 0. The second-order valence-corrected chi connectivity index (χ2v) is 6.74. The van der Waals surface area contributed by atoms with Gasteiger partial charge in [0.15, 0.2) is 0 Å². The van der Waals surface area contributed by atoms with E-state index in [0.717, 1.165) is 12.1 Å². The lowest BCUT2D eigenvalue weighted by Crippen LogP contribution is -2.30. The van der Waals surface area contributed by atoms with Gasteiger partial charge in [0.1, 0.15) is 5.82 Å². The molecule has 0 atom stereocenters. The van der Waals surface area contributed by atoms with Crippen LogP contribution in [-0.4, -0.2) is 32.8 Å². The molecule has 0 saturated heterocycles. The van der Waals surface area contributed by atoms with Crippen molar-refractivity contribution < 1.29 is 17.6 Å².